The maximum absolute atomic E-state index is 12.0. The normalized spacial score (nSPS) is 15.3. The van der Waals surface area contributed by atoms with Gasteiger partial charge in [-0.3, -0.25) is 9.59 Å². The van der Waals surface area contributed by atoms with Gasteiger partial charge in [0.2, 0.25) is 0 Å². The van der Waals surface area contributed by atoms with Gasteiger partial charge in [-0.1, -0.05) is 30.3 Å². The zero-order chi connectivity index (χ0) is 23.5. The van der Waals surface area contributed by atoms with Gasteiger partial charge in [-0.2, -0.15) is 0 Å². The fraction of sp³-hybridized carbons (Fsp3) is 0.450. The Kier molecular flexibility index (Phi) is 7.42. The summed E-state index contributed by atoms with van der Waals surface area (Å²) in [6.07, 6.45) is 5.14. The van der Waals surface area contributed by atoms with Gasteiger partial charge in [-0.15, -0.1) is 0 Å². The predicted molar refractivity (Wildman–Crippen MR) is 126 cm³/mol. The second kappa shape index (κ2) is 9.88. The van der Waals surface area contributed by atoms with Crippen LogP contribution in [0.4, 0.5) is 17.5 Å². The number of amides is 2. The van der Waals surface area contributed by atoms with Crippen molar-refractivity contribution in [2.75, 3.05) is 49.7 Å². The van der Waals surface area contributed by atoms with Crippen molar-refractivity contribution in [3.05, 3.63) is 23.5 Å². The third-order valence-corrected chi connectivity index (χ3v) is 6.99. The van der Waals surface area contributed by atoms with Crippen LogP contribution in [-0.2, 0) is 9.59 Å². The van der Waals surface area contributed by atoms with Gasteiger partial charge in [-0.25, -0.2) is 15.0 Å². The maximum Gasteiger partial charge on any atom is 0.315 e. The number of hydrogen-bond acceptors (Lipinski definition) is 9. The fourth-order valence-electron chi connectivity index (χ4n) is 3.15. The van der Waals surface area contributed by atoms with E-state index in [0.717, 1.165) is 31.7 Å². The van der Waals surface area contributed by atoms with Crippen LogP contribution in [0, 0.1) is 5.41 Å². The molecule has 2 amide bonds. The Morgan fingerprint density at radius 2 is 2.00 bits per heavy atom. The number of likely N-dealkylation sites (N-methyl/N-ethyl adjacent to an activating group) is 1. The van der Waals surface area contributed by atoms with Gasteiger partial charge in [0.25, 0.3) is 0 Å². The second-order valence-electron chi connectivity index (χ2n) is 8.15. The Balaban J connectivity index is 1.73. The molecule has 3 rings (SSSR count). The highest BCUT2D eigenvalue weighted by molar-refractivity contribution is 7.99. The molecule has 0 aromatic carbocycles. The average molecular weight is 479 g/mol. The lowest BCUT2D eigenvalue weighted by atomic mass is 9.80. The van der Waals surface area contributed by atoms with Crippen LogP contribution in [0.3, 0.4) is 0 Å². The molecule has 172 valence electrons. The van der Waals surface area contributed by atoms with Crippen molar-refractivity contribution in [3.8, 4) is 0 Å². The molecule has 32 heavy (non-hydrogen) atoms. The monoisotopic (exact) mass is 478 g/mol. The van der Waals surface area contributed by atoms with E-state index in [0.29, 0.717) is 16.5 Å². The minimum atomic E-state index is -0.831. The lowest BCUT2D eigenvalue weighted by Gasteiger charge is -2.39. The van der Waals surface area contributed by atoms with Gasteiger partial charge < -0.3 is 26.6 Å². The number of nitrogens with two attached hydrogens (primary N) is 2. The largest absolute Gasteiger partial charge is 0.381 e. The van der Waals surface area contributed by atoms with E-state index in [4.69, 9.17) is 23.1 Å². The van der Waals surface area contributed by atoms with Crippen molar-refractivity contribution in [1.29, 1.82) is 0 Å². The van der Waals surface area contributed by atoms with Crippen LogP contribution in [0.25, 0.3) is 0 Å². The summed E-state index contributed by atoms with van der Waals surface area (Å²) in [5.41, 5.74) is 12.2. The van der Waals surface area contributed by atoms with Crippen LogP contribution >= 0.6 is 23.4 Å². The Bertz CT molecular complexity index is 1010. The number of hydrogen-bond donors (Lipinski definition) is 3. The summed E-state index contributed by atoms with van der Waals surface area (Å²) >= 11 is 7.61. The van der Waals surface area contributed by atoms with E-state index >= 15 is 0 Å². The SMILES string of the molecule is CN(C)C(=O)C(=O)Nc1nccc(Sc2ncc(N3CCC(C)(CN)CC3)nc2N)c1Cl. The van der Waals surface area contributed by atoms with Crippen molar-refractivity contribution in [2.24, 2.45) is 11.1 Å². The number of rotatable bonds is 5. The molecule has 1 aliphatic heterocycles. The molecule has 1 aliphatic rings. The van der Waals surface area contributed by atoms with Crippen molar-refractivity contribution in [1.82, 2.24) is 19.9 Å². The highest BCUT2D eigenvalue weighted by Gasteiger charge is 2.29. The minimum Gasteiger partial charge on any atom is -0.381 e. The van der Waals surface area contributed by atoms with E-state index in [1.165, 1.54) is 37.0 Å². The first-order valence-corrected chi connectivity index (χ1v) is 11.3. The fourth-order valence-corrected chi connectivity index (χ4v) is 4.21. The predicted octanol–water partition coefficient (Wildman–Crippen LogP) is 1.85. The molecular weight excluding hydrogens is 452 g/mol. The zero-order valence-electron chi connectivity index (χ0n) is 18.3. The van der Waals surface area contributed by atoms with Gasteiger partial charge in [0.1, 0.15) is 10.8 Å². The van der Waals surface area contributed by atoms with Crippen LogP contribution in [0.1, 0.15) is 19.8 Å². The molecule has 0 radical (unpaired) electrons. The molecule has 5 N–H and O–H groups in total. The average Bonchev–Trinajstić information content (AvgIpc) is 2.77. The van der Waals surface area contributed by atoms with Crippen LogP contribution in [0.15, 0.2) is 28.4 Å². The van der Waals surface area contributed by atoms with Gasteiger partial charge in [0.05, 0.1) is 11.2 Å². The van der Waals surface area contributed by atoms with Gasteiger partial charge in [0, 0.05) is 38.3 Å². The minimum absolute atomic E-state index is 0.0799. The summed E-state index contributed by atoms with van der Waals surface area (Å²) in [5.74, 6) is -0.460. The summed E-state index contributed by atoms with van der Waals surface area (Å²) in [6, 6.07) is 1.67. The third kappa shape index (κ3) is 5.40. The number of nitrogen functional groups attached to an aromatic ring is 1. The van der Waals surface area contributed by atoms with E-state index < -0.39 is 11.8 Å². The van der Waals surface area contributed by atoms with Crippen LogP contribution in [0.2, 0.25) is 5.02 Å². The Morgan fingerprint density at radius 1 is 1.31 bits per heavy atom. The molecule has 1 fully saturated rings. The molecule has 2 aromatic rings. The molecule has 1 saturated heterocycles. The van der Waals surface area contributed by atoms with Gasteiger partial charge in [0.15, 0.2) is 11.6 Å². The number of nitrogens with zero attached hydrogens (tertiary/aromatic N) is 5. The van der Waals surface area contributed by atoms with E-state index in [1.54, 1.807) is 12.3 Å². The second-order valence-corrected chi connectivity index (χ2v) is 9.56. The molecule has 12 heteroatoms. The van der Waals surface area contributed by atoms with Gasteiger partial charge >= 0.3 is 11.8 Å². The third-order valence-electron chi connectivity index (χ3n) is 5.43. The van der Waals surface area contributed by atoms with E-state index in [2.05, 4.69) is 32.1 Å². The van der Waals surface area contributed by atoms with Crippen LogP contribution < -0.4 is 21.7 Å². The number of carbonyl (C=O) groups excluding carboxylic acids is 2. The van der Waals surface area contributed by atoms with Crippen molar-refractivity contribution in [2.45, 2.75) is 29.7 Å². The molecule has 0 unspecified atom stereocenters. The summed E-state index contributed by atoms with van der Waals surface area (Å²) < 4.78 is 0. The van der Waals surface area contributed by atoms with Crippen LogP contribution in [-0.4, -0.2) is 65.4 Å². The lowest BCUT2D eigenvalue weighted by molar-refractivity contribution is -0.141. The topological polar surface area (TPSA) is 143 Å². The Labute approximate surface area is 196 Å². The lowest BCUT2D eigenvalue weighted by Crippen LogP contribution is -2.42. The standard InChI is InChI=1S/C20H27ClN8O2S/c1-20(11-22)5-8-29(9-6-20)13-10-25-18(15(23)26-13)32-12-4-7-24-16(14(12)21)27-17(30)19(31)28(2)3/h4,7,10H,5-6,8-9,11,22H2,1-3H3,(H2,23,26)(H,24,27,30). The molecule has 0 aliphatic carbocycles. The van der Waals surface area contributed by atoms with Gasteiger partial charge in [-0.05, 0) is 30.9 Å². The molecule has 0 saturated carbocycles. The molecule has 0 spiro atoms. The number of anilines is 3. The molecule has 3 heterocycles. The maximum atomic E-state index is 12.0. The molecule has 0 atom stereocenters. The molecule has 2 aromatic heterocycles. The number of piperidine rings is 1. The summed E-state index contributed by atoms with van der Waals surface area (Å²) in [7, 11) is 2.96. The molecule has 0 bridgehead atoms. The number of aromatic nitrogens is 3. The number of carbonyl (C=O) groups is 2. The smallest absolute Gasteiger partial charge is 0.315 e. The van der Waals surface area contributed by atoms with Crippen molar-refractivity contribution in [3.63, 3.8) is 0 Å². The van der Waals surface area contributed by atoms with Crippen LogP contribution in [0.5, 0.6) is 0 Å². The first-order chi connectivity index (χ1) is 15.1. The quantitative estimate of drug-likeness (QED) is 0.548. The summed E-state index contributed by atoms with van der Waals surface area (Å²) in [5, 5.41) is 3.09. The highest BCUT2D eigenvalue weighted by atomic mass is 35.5. The van der Waals surface area contributed by atoms with E-state index in [-0.39, 0.29) is 22.1 Å². The summed E-state index contributed by atoms with van der Waals surface area (Å²) in [6.45, 7) is 4.57. The number of halogens is 1. The first-order valence-electron chi connectivity index (χ1n) is 10.1. The zero-order valence-corrected chi connectivity index (χ0v) is 19.8. The molecule has 10 nitrogen and oxygen atoms in total. The van der Waals surface area contributed by atoms with E-state index in [1.807, 2.05) is 0 Å². The molecular formula is C20H27ClN8O2S. The van der Waals surface area contributed by atoms with Crippen molar-refractivity contribution >= 4 is 52.6 Å². The van der Waals surface area contributed by atoms with E-state index in [9.17, 15) is 9.59 Å². The summed E-state index contributed by atoms with van der Waals surface area (Å²) in [4.78, 5) is 40.7. The number of nitrogens with one attached hydrogen (secondary N) is 1. The highest BCUT2D eigenvalue weighted by Crippen LogP contribution is 2.38. The number of pyridine rings is 1. The Hall–Kier alpha value is -2.63. The van der Waals surface area contributed by atoms with Crippen molar-refractivity contribution < 1.29 is 9.59 Å². The first kappa shape index (κ1) is 24.0. The Morgan fingerprint density at radius 3 is 2.59 bits per heavy atom.